The molecule has 0 fully saturated rings. The summed E-state index contributed by atoms with van der Waals surface area (Å²) >= 11 is 0. The number of carbonyl (C=O) groups is 2. The summed E-state index contributed by atoms with van der Waals surface area (Å²) in [5.41, 5.74) is 0. The summed E-state index contributed by atoms with van der Waals surface area (Å²) in [6, 6.07) is 0. The summed E-state index contributed by atoms with van der Waals surface area (Å²) < 4.78 is 5.20. The molecule has 0 saturated heterocycles. The molecule has 0 aliphatic carbocycles. The van der Waals surface area contributed by atoms with E-state index in [0.29, 0.717) is 19.4 Å². The van der Waals surface area contributed by atoms with Gasteiger partial charge in [0, 0.05) is 12.8 Å². The van der Waals surface area contributed by atoms with E-state index in [-0.39, 0.29) is 5.97 Å². The van der Waals surface area contributed by atoms with Gasteiger partial charge in [-0.1, -0.05) is 70.4 Å². The first-order chi connectivity index (χ1) is 13.3. The van der Waals surface area contributed by atoms with Gasteiger partial charge >= 0.3 is 5.97 Å². The monoisotopic (exact) mass is 380 g/mol. The summed E-state index contributed by atoms with van der Waals surface area (Å²) in [6.07, 6.45) is 26.0. The Kier molecular flexibility index (Phi) is 22.0. The van der Waals surface area contributed by atoms with Gasteiger partial charge < -0.3 is 9.53 Å². The molecule has 0 unspecified atom stereocenters. The van der Waals surface area contributed by atoms with E-state index < -0.39 is 0 Å². The molecule has 3 heteroatoms. The van der Waals surface area contributed by atoms with Crippen LogP contribution in [0.1, 0.15) is 122 Å². The quantitative estimate of drug-likeness (QED) is 0.0906. The van der Waals surface area contributed by atoms with Gasteiger partial charge in [0.25, 0.3) is 0 Å². The molecule has 0 heterocycles. The molecule has 0 bridgehead atoms. The van der Waals surface area contributed by atoms with Gasteiger partial charge in [0.2, 0.25) is 0 Å². The van der Waals surface area contributed by atoms with Crippen LogP contribution in [-0.2, 0) is 14.3 Å². The van der Waals surface area contributed by atoms with Crippen molar-refractivity contribution in [2.75, 3.05) is 6.61 Å². The Morgan fingerprint density at radius 2 is 1.19 bits per heavy atom. The molecule has 0 rings (SSSR count). The van der Waals surface area contributed by atoms with E-state index in [1.807, 2.05) is 0 Å². The topological polar surface area (TPSA) is 43.4 Å². The molecule has 0 radical (unpaired) electrons. The summed E-state index contributed by atoms with van der Waals surface area (Å²) in [5.74, 6) is -0.0667. The minimum atomic E-state index is -0.0667. The van der Waals surface area contributed by atoms with Gasteiger partial charge in [-0.2, -0.15) is 0 Å². The Balaban J connectivity index is 3.20. The maximum atomic E-state index is 11.6. The van der Waals surface area contributed by atoms with Crippen molar-refractivity contribution in [3.63, 3.8) is 0 Å². The lowest BCUT2D eigenvalue weighted by molar-refractivity contribution is -0.143. The van der Waals surface area contributed by atoms with Crippen molar-refractivity contribution in [1.82, 2.24) is 0 Å². The predicted molar refractivity (Wildman–Crippen MR) is 115 cm³/mol. The largest absolute Gasteiger partial charge is 0.466 e. The number of unbranched alkanes of at least 4 members (excludes halogenated alkanes) is 14. The Bertz CT molecular complexity index is 350. The van der Waals surface area contributed by atoms with E-state index >= 15 is 0 Å². The first-order valence-electron chi connectivity index (χ1n) is 11.6. The maximum absolute atomic E-state index is 11.6. The Morgan fingerprint density at radius 3 is 1.81 bits per heavy atom. The third-order valence-electron chi connectivity index (χ3n) is 4.87. The highest BCUT2D eigenvalue weighted by Crippen LogP contribution is 2.10. The second kappa shape index (κ2) is 22.9. The molecule has 0 aliphatic heterocycles. The lowest BCUT2D eigenvalue weighted by Gasteiger charge is -2.04. The SMILES string of the molecule is CCCCCCCC/C=C\CCCCCCCC(=O)OCCCCCC=O. The maximum Gasteiger partial charge on any atom is 0.305 e. The lowest BCUT2D eigenvalue weighted by Crippen LogP contribution is -2.05. The molecule has 0 spiro atoms. The summed E-state index contributed by atoms with van der Waals surface area (Å²) in [4.78, 5) is 21.8. The number of ether oxygens (including phenoxy) is 1. The van der Waals surface area contributed by atoms with Crippen LogP contribution in [0, 0.1) is 0 Å². The zero-order valence-corrected chi connectivity index (χ0v) is 17.9. The van der Waals surface area contributed by atoms with Crippen molar-refractivity contribution in [2.45, 2.75) is 122 Å². The lowest BCUT2D eigenvalue weighted by atomic mass is 10.1. The number of hydrogen-bond acceptors (Lipinski definition) is 3. The van der Waals surface area contributed by atoms with Gasteiger partial charge in [-0.25, -0.2) is 0 Å². The molecule has 0 aliphatic rings. The highest BCUT2D eigenvalue weighted by Gasteiger charge is 2.02. The summed E-state index contributed by atoms with van der Waals surface area (Å²) in [5, 5.41) is 0. The van der Waals surface area contributed by atoms with Crippen LogP contribution in [0.4, 0.5) is 0 Å². The van der Waals surface area contributed by atoms with Crippen LogP contribution in [0.15, 0.2) is 12.2 Å². The second-order valence-electron chi connectivity index (χ2n) is 7.57. The van der Waals surface area contributed by atoms with Crippen LogP contribution < -0.4 is 0 Å². The minimum absolute atomic E-state index is 0.0667. The Hall–Kier alpha value is -1.12. The second-order valence-corrected chi connectivity index (χ2v) is 7.57. The van der Waals surface area contributed by atoms with Gasteiger partial charge in [0.1, 0.15) is 6.29 Å². The molecule has 27 heavy (non-hydrogen) atoms. The van der Waals surface area contributed by atoms with Crippen molar-refractivity contribution in [3.8, 4) is 0 Å². The zero-order chi connectivity index (χ0) is 19.8. The molecule has 3 nitrogen and oxygen atoms in total. The highest BCUT2D eigenvalue weighted by molar-refractivity contribution is 5.69. The number of hydrogen-bond donors (Lipinski definition) is 0. The first-order valence-corrected chi connectivity index (χ1v) is 11.6. The van der Waals surface area contributed by atoms with Crippen molar-refractivity contribution < 1.29 is 14.3 Å². The van der Waals surface area contributed by atoms with Crippen LogP contribution in [-0.4, -0.2) is 18.9 Å². The van der Waals surface area contributed by atoms with Crippen molar-refractivity contribution in [1.29, 1.82) is 0 Å². The van der Waals surface area contributed by atoms with E-state index in [4.69, 9.17) is 4.74 Å². The van der Waals surface area contributed by atoms with E-state index in [1.54, 1.807) is 0 Å². The number of aldehydes is 1. The fourth-order valence-electron chi connectivity index (χ4n) is 3.10. The van der Waals surface area contributed by atoms with E-state index in [2.05, 4.69) is 19.1 Å². The van der Waals surface area contributed by atoms with Gasteiger partial charge in [0.15, 0.2) is 0 Å². The normalized spacial score (nSPS) is 11.1. The molecule has 158 valence electrons. The summed E-state index contributed by atoms with van der Waals surface area (Å²) in [7, 11) is 0. The average molecular weight is 381 g/mol. The third kappa shape index (κ3) is 22.8. The van der Waals surface area contributed by atoms with Gasteiger partial charge in [-0.05, 0) is 51.4 Å². The number of rotatable bonds is 21. The van der Waals surface area contributed by atoms with E-state index in [1.165, 1.54) is 70.6 Å². The number of allylic oxidation sites excluding steroid dienone is 2. The molecular formula is C24H44O3. The first kappa shape index (κ1) is 25.9. The molecule has 0 aromatic heterocycles. The zero-order valence-electron chi connectivity index (χ0n) is 17.9. The Labute approximate surface area is 168 Å². The van der Waals surface area contributed by atoms with Crippen LogP contribution in [0.5, 0.6) is 0 Å². The minimum Gasteiger partial charge on any atom is -0.466 e. The van der Waals surface area contributed by atoms with Gasteiger partial charge in [-0.3, -0.25) is 4.79 Å². The standard InChI is InChI=1S/C24H44O3/c1-2-3-4-5-6-7-8-9-10-11-12-13-14-15-18-21-24(26)27-23-20-17-16-19-22-25/h9-10,22H,2-8,11-21,23H2,1H3/b10-9-. The molecule has 0 atom stereocenters. The highest BCUT2D eigenvalue weighted by atomic mass is 16.5. The molecule has 0 amide bonds. The molecule has 0 aromatic carbocycles. The number of carbonyl (C=O) groups excluding carboxylic acids is 2. The van der Waals surface area contributed by atoms with Gasteiger partial charge in [0.05, 0.1) is 6.61 Å². The van der Waals surface area contributed by atoms with Crippen molar-refractivity contribution >= 4 is 12.3 Å². The number of esters is 1. The fourth-order valence-corrected chi connectivity index (χ4v) is 3.10. The molecule has 0 saturated carbocycles. The van der Waals surface area contributed by atoms with Gasteiger partial charge in [-0.15, -0.1) is 0 Å². The van der Waals surface area contributed by atoms with Crippen LogP contribution in [0.25, 0.3) is 0 Å². The predicted octanol–water partition coefficient (Wildman–Crippen LogP) is 7.33. The smallest absolute Gasteiger partial charge is 0.305 e. The van der Waals surface area contributed by atoms with Crippen LogP contribution in [0.2, 0.25) is 0 Å². The molecular weight excluding hydrogens is 336 g/mol. The van der Waals surface area contributed by atoms with Crippen LogP contribution in [0.3, 0.4) is 0 Å². The summed E-state index contributed by atoms with van der Waals surface area (Å²) in [6.45, 7) is 2.77. The third-order valence-corrected chi connectivity index (χ3v) is 4.87. The van der Waals surface area contributed by atoms with Crippen molar-refractivity contribution in [2.24, 2.45) is 0 Å². The van der Waals surface area contributed by atoms with Crippen molar-refractivity contribution in [3.05, 3.63) is 12.2 Å². The molecule has 0 aromatic rings. The Morgan fingerprint density at radius 1 is 0.667 bits per heavy atom. The van der Waals surface area contributed by atoms with E-state index in [0.717, 1.165) is 38.4 Å². The average Bonchev–Trinajstić information content (AvgIpc) is 2.67. The van der Waals surface area contributed by atoms with E-state index in [9.17, 15) is 9.59 Å². The molecule has 0 N–H and O–H groups in total. The van der Waals surface area contributed by atoms with Crippen LogP contribution >= 0.6 is 0 Å². The fraction of sp³-hybridized carbons (Fsp3) is 0.833.